The number of pyridine rings is 1. The standard InChI is InChI=1S/C18H13NO2S/c20-18(21)17-13-16(11-12-19-17)22(14-7-3-1-4-8-14)15-9-5-2-6-10-15/h1-13H/p+1. The zero-order valence-electron chi connectivity index (χ0n) is 11.7. The maximum absolute atomic E-state index is 11.2. The Bertz CT molecular complexity index is 736. The molecule has 0 saturated carbocycles. The third-order valence-electron chi connectivity index (χ3n) is 3.14. The fourth-order valence-corrected chi connectivity index (χ4v) is 4.28. The topological polar surface area (TPSA) is 50.2 Å². The number of aromatic nitrogens is 1. The number of rotatable bonds is 4. The van der Waals surface area contributed by atoms with Crippen molar-refractivity contribution < 1.29 is 9.90 Å². The van der Waals surface area contributed by atoms with E-state index in [-0.39, 0.29) is 16.6 Å². The highest BCUT2D eigenvalue weighted by Crippen LogP contribution is 2.30. The lowest BCUT2D eigenvalue weighted by Gasteiger charge is -2.08. The molecule has 0 aliphatic rings. The smallest absolute Gasteiger partial charge is 0.354 e. The SMILES string of the molecule is O=C(O)c1cc([S+](c2ccccc2)c2ccccc2)ccn1. The highest BCUT2D eigenvalue weighted by Gasteiger charge is 2.29. The normalized spacial score (nSPS) is 10.6. The average molecular weight is 308 g/mol. The van der Waals surface area contributed by atoms with Crippen LogP contribution in [-0.2, 0) is 10.9 Å². The Morgan fingerprint density at radius 2 is 1.36 bits per heavy atom. The van der Waals surface area contributed by atoms with Crippen molar-refractivity contribution in [3.63, 3.8) is 0 Å². The minimum Gasteiger partial charge on any atom is -0.477 e. The van der Waals surface area contributed by atoms with Gasteiger partial charge in [-0.05, 0) is 24.3 Å². The molecule has 2 aromatic carbocycles. The van der Waals surface area contributed by atoms with Crippen LogP contribution in [-0.4, -0.2) is 16.1 Å². The molecule has 0 unspecified atom stereocenters. The van der Waals surface area contributed by atoms with E-state index < -0.39 is 5.97 Å². The molecule has 1 aromatic heterocycles. The summed E-state index contributed by atoms with van der Waals surface area (Å²) in [6.45, 7) is 0. The number of hydrogen-bond acceptors (Lipinski definition) is 2. The van der Waals surface area contributed by atoms with Gasteiger partial charge in [0.15, 0.2) is 20.4 Å². The maximum atomic E-state index is 11.2. The van der Waals surface area contributed by atoms with Crippen molar-refractivity contribution in [1.82, 2.24) is 4.98 Å². The van der Waals surface area contributed by atoms with E-state index in [0.29, 0.717) is 0 Å². The summed E-state index contributed by atoms with van der Waals surface area (Å²) in [5.74, 6) is -1.01. The quantitative estimate of drug-likeness (QED) is 0.744. The van der Waals surface area contributed by atoms with Crippen molar-refractivity contribution in [1.29, 1.82) is 0 Å². The first kappa shape index (κ1) is 14.4. The summed E-state index contributed by atoms with van der Waals surface area (Å²) < 4.78 is 0. The Morgan fingerprint density at radius 1 is 0.818 bits per heavy atom. The van der Waals surface area contributed by atoms with Crippen LogP contribution in [0.2, 0.25) is 0 Å². The number of carboxylic acids is 1. The first-order chi connectivity index (χ1) is 10.8. The van der Waals surface area contributed by atoms with E-state index in [2.05, 4.69) is 29.2 Å². The molecule has 0 spiro atoms. The van der Waals surface area contributed by atoms with Crippen LogP contribution in [0.15, 0.2) is 93.7 Å². The monoisotopic (exact) mass is 308 g/mol. The molecule has 22 heavy (non-hydrogen) atoms. The highest BCUT2D eigenvalue weighted by atomic mass is 32.2. The summed E-state index contributed by atoms with van der Waals surface area (Å²) >= 11 is 0. The number of aromatic carboxylic acids is 1. The number of carboxylic acid groups (broad SMARTS) is 1. The van der Waals surface area contributed by atoms with Crippen molar-refractivity contribution in [3.8, 4) is 0 Å². The van der Waals surface area contributed by atoms with Crippen molar-refractivity contribution in [2.75, 3.05) is 0 Å². The predicted molar refractivity (Wildman–Crippen MR) is 86.2 cm³/mol. The molecule has 0 aliphatic heterocycles. The summed E-state index contributed by atoms with van der Waals surface area (Å²) in [5.41, 5.74) is 0.0712. The summed E-state index contributed by atoms with van der Waals surface area (Å²) in [7, 11) is -0.345. The van der Waals surface area contributed by atoms with Gasteiger partial charge in [-0.25, -0.2) is 9.78 Å². The average Bonchev–Trinajstić information content (AvgIpc) is 2.57. The van der Waals surface area contributed by atoms with Gasteiger partial charge < -0.3 is 5.11 Å². The number of nitrogens with zero attached hydrogens (tertiary/aromatic N) is 1. The van der Waals surface area contributed by atoms with Crippen molar-refractivity contribution in [2.24, 2.45) is 0 Å². The molecule has 0 saturated heterocycles. The molecule has 0 atom stereocenters. The Morgan fingerprint density at radius 3 is 1.86 bits per heavy atom. The molecule has 3 aromatic rings. The van der Waals surface area contributed by atoms with E-state index in [1.807, 2.05) is 42.5 Å². The van der Waals surface area contributed by atoms with Crippen LogP contribution < -0.4 is 0 Å². The molecule has 0 amide bonds. The summed E-state index contributed by atoms with van der Waals surface area (Å²) in [5, 5.41) is 9.17. The van der Waals surface area contributed by atoms with Crippen molar-refractivity contribution in [2.45, 2.75) is 14.7 Å². The summed E-state index contributed by atoms with van der Waals surface area (Å²) in [6, 6.07) is 23.8. The van der Waals surface area contributed by atoms with E-state index in [1.54, 1.807) is 12.3 Å². The summed E-state index contributed by atoms with van der Waals surface area (Å²) in [4.78, 5) is 18.4. The second-order valence-electron chi connectivity index (χ2n) is 4.61. The van der Waals surface area contributed by atoms with Gasteiger partial charge in [-0.3, -0.25) is 0 Å². The third kappa shape index (κ3) is 3.02. The lowest BCUT2D eigenvalue weighted by atomic mass is 10.3. The highest BCUT2D eigenvalue weighted by molar-refractivity contribution is 7.97. The molecule has 0 aliphatic carbocycles. The third-order valence-corrected chi connectivity index (χ3v) is 5.36. The second kappa shape index (κ2) is 6.45. The molecule has 4 heteroatoms. The molecule has 108 valence electrons. The van der Waals surface area contributed by atoms with Gasteiger partial charge in [-0.2, -0.15) is 0 Å². The van der Waals surface area contributed by atoms with E-state index >= 15 is 0 Å². The molecule has 0 radical (unpaired) electrons. The van der Waals surface area contributed by atoms with E-state index in [0.717, 1.165) is 14.7 Å². The van der Waals surface area contributed by atoms with Crippen LogP contribution in [0.5, 0.6) is 0 Å². The lowest BCUT2D eigenvalue weighted by molar-refractivity contribution is 0.0690. The molecule has 3 nitrogen and oxygen atoms in total. The first-order valence-electron chi connectivity index (χ1n) is 6.79. The number of hydrogen-bond donors (Lipinski definition) is 1. The predicted octanol–water partition coefficient (Wildman–Crippen LogP) is 3.88. The van der Waals surface area contributed by atoms with Crippen molar-refractivity contribution >= 4 is 16.9 Å². The fourth-order valence-electron chi connectivity index (χ4n) is 2.18. The fraction of sp³-hybridized carbons (Fsp3) is 0. The zero-order chi connectivity index (χ0) is 15.4. The van der Waals surface area contributed by atoms with Crippen LogP contribution in [0, 0.1) is 0 Å². The van der Waals surface area contributed by atoms with Crippen LogP contribution in [0.4, 0.5) is 0 Å². The van der Waals surface area contributed by atoms with Crippen LogP contribution in [0.1, 0.15) is 10.5 Å². The molecular weight excluding hydrogens is 294 g/mol. The Labute approximate surface area is 131 Å². The van der Waals surface area contributed by atoms with Gasteiger partial charge in [-0.15, -0.1) is 0 Å². The van der Waals surface area contributed by atoms with E-state index in [4.69, 9.17) is 0 Å². The summed E-state index contributed by atoms with van der Waals surface area (Å²) in [6.07, 6.45) is 1.56. The van der Waals surface area contributed by atoms with Gasteiger partial charge in [0.1, 0.15) is 0 Å². The van der Waals surface area contributed by atoms with Crippen LogP contribution in [0.3, 0.4) is 0 Å². The van der Waals surface area contributed by atoms with Gasteiger partial charge in [0.05, 0.1) is 10.9 Å². The first-order valence-corrected chi connectivity index (χ1v) is 8.02. The Kier molecular flexibility index (Phi) is 4.21. The van der Waals surface area contributed by atoms with Gasteiger partial charge in [0.2, 0.25) is 0 Å². The Hall–Kier alpha value is -2.59. The van der Waals surface area contributed by atoms with Crippen LogP contribution >= 0.6 is 0 Å². The molecular formula is C18H14NO2S+. The molecule has 0 bridgehead atoms. The molecule has 3 rings (SSSR count). The lowest BCUT2D eigenvalue weighted by Crippen LogP contribution is -2.07. The molecule has 1 heterocycles. The Balaban J connectivity index is 2.14. The second-order valence-corrected chi connectivity index (χ2v) is 6.64. The minimum atomic E-state index is -1.01. The molecule has 1 N–H and O–H groups in total. The number of carbonyl (C=O) groups is 1. The minimum absolute atomic E-state index is 0.0712. The van der Waals surface area contributed by atoms with E-state index in [9.17, 15) is 9.90 Å². The van der Waals surface area contributed by atoms with E-state index in [1.165, 1.54) is 0 Å². The number of benzene rings is 2. The largest absolute Gasteiger partial charge is 0.477 e. The van der Waals surface area contributed by atoms with Gasteiger partial charge in [-0.1, -0.05) is 36.4 Å². The van der Waals surface area contributed by atoms with Gasteiger partial charge in [0.25, 0.3) is 0 Å². The van der Waals surface area contributed by atoms with Gasteiger partial charge in [0, 0.05) is 18.3 Å². The maximum Gasteiger partial charge on any atom is 0.354 e. The molecule has 0 fully saturated rings. The van der Waals surface area contributed by atoms with Crippen molar-refractivity contribution in [3.05, 3.63) is 84.7 Å². The van der Waals surface area contributed by atoms with Crippen LogP contribution in [0.25, 0.3) is 0 Å². The zero-order valence-corrected chi connectivity index (χ0v) is 12.5. The van der Waals surface area contributed by atoms with Gasteiger partial charge >= 0.3 is 5.97 Å².